The summed E-state index contributed by atoms with van der Waals surface area (Å²) in [6.07, 6.45) is 0. The number of benzene rings is 2. The molecule has 0 spiro atoms. The third-order valence-electron chi connectivity index (χ3n) is 3.10. The highest BCUT2D eigenvalue weighted by molar-refractivity contribution is 6.32. The molecule has 0 heterocycles. The maximum absolute atomic E-state index is 11.9. The molecule has 1 N–H and O–H groups in total. The number of carbonyl (C=O) groups excluding carboxylic acids is 1. The number of carbonyl (C=O) groups is 1. The second-order valence-electron chi connectivity index (χ2n) is 4.75. The zero-order valence-electron chi connectivity index (χ0n) is 12.0. The Kier molecular flexibility index (Phi) is 5.40. The molecule has 0 radical (unpaired) electrons. The second kappa shape index (κ2) is 7.48. The molecule has 0 saturated carbocycles. The maximum Gasteiger partial charge on any atom is 0.258 e. The summed E-state index contributed by atoms with van der Waals surface area (Å²) in [5.41, 5.74) is 1.46. The maximum atomic E-state index is 11.9. The van der Waals surface area contributed by atoms with Crippen molar-refractivity contribution in [1.82, 2.24) is 5.32 Å². The van der Waals surface area contributed by atoms with Crippen LogP contribution in [0.3, 0.4) is 0 Å². The highest BCUT2D eigenvalue weighted by atomic mass is 35.5. The molecule has 2 aromatic rings. The van der Waals surface area contributed by atoms with Gasteiger partial charge in [-0.1, -0.05) is 41.9 Å². The van der Waals surface area contributed by atoms with Gasteiger partial charge in [0.25, 0.3) is 5.91 Å². The van der Waals surface area contributed by atoms with Gasteiger partial charge < -0.3 is 10.1 Å². The summed E-state index contributed by atoms with van der Waals surface area (Å²) in [5.74, 6) is 0.139. The normalized spacial score (nSPS) is 11.3. The van der Waals surface area contributed by atoms with E-state index in [0.717, 1.165) is 5.56 Å². The summed E-state index contributed by atoms with van der Waals surface area (Å²) < 4.78 is 5.38. The van der Waals surface area contributed by atoms with Gasteiger partial charge in [0.05, 0.1) is 22.7 Å². The second-order valence-corrected chi connectivity index (χ2v) is 5.15. The van der Waals surface area contributed by atoms with Crippen LogP contribution in [-0.2, 0) is 4.79 Å². The Balaban J connectivity index is 1.89. The molecule has 1 unspecified atom stereocenters. The van der Waals surface area contributed by atoms with E-state index in [2.05, 4.69) is 5.32 Å². The van der Waals surface area contributed by atoms with E-state index in [1.807, 2.05) is 43.3 Å². The Morgan fingerprint density at radius 1 is 1.32 bits per heavy atom. The van der Waals surface area contributed by atoms with E-state index >= 15 is 0 Å². The minimum atomic E-state index is -0.239. The lowest BCUT2D eigenvalue weighted by Gasteiger charge is -2.15. The summed E-state index contributed by atoms with van der Waals surface area (Å²) >= 11 is 5.99. The molecule has 0 aliphatic rings. The van der Waals surface area contributed by atoms with Crippen LogP contribution in [0.4, 0.5) is 0 Å². The minimum absolute atomic E-state index is 0.103. The molecule has 22 heavy (non-hydrogen) atoms. The van der Waals surface area contributed by atoms with E-state index in [0.29, 0.717) is 16.3 Å². The molecule has 5 heteroatoms. The summed E-state index contributed by atoms with van der Waals surface area (Å²) in [6.45, 7) is 1.77. The van der Waals surface area contributed by atoms with Gasteiger partial charge in [0.2, 0.25) is 0 Å². The summed E-state index contributed by atoms with van der Waals surface area (Å²) in [6, 6.07) is 16.2. The molecule has 0 aromatic heterocycles. The van der Waals surface area contributed by atoms with Crippen LogP contribution in [0.1, 0.15) is 24.1 Å². The average Bonchev–Trinajstić information content (AvgIpc) is 2.54. The number of amides is 1. The summed E-state index contributed by atoms with van der Waals surface area (Å²) in [5, 5.41) is 11.9. The third-order valence-corrected chi connectivity index (χ3v) is 3.39. The molecule has 2 aromatic carbocycles. The standard InChI is InChI=1S/C17H15ClN2O2/c1-12(14-5-3-2-4-6-14)20-17(21)11-22-16-8-7-13(10-19)9-15(16)18/h2-9,12H,11H2,1H3,(H,20,21). The lowest BCUT2D eigenvalue weighted by molar-refractivity contribution is -0.123. The van der Waals surface area contributed by atoms with E-state index in [1.165, 1.54) is 6.07 Å². The average molecular weight is 315 g/mol. The number of hydrogen-bond acceptors (Lipinski definition) is 3. The molecule has 0 fully saturated rings. The van der Waals surface area contributed by atoms with E-state index in [1.54, 1.807) is 12.1 Å². The molecular weight excluding hydrogens is 300 g/mol. The fourth-order valence-electron chi connectivity index (χ4n) is 1.94. The van der Waals surface area contributed by atoms with Crippen LogP contribution >= 0.6 is 11.6 Å². The van der Waals surface area contributed by atoms with Crippen LogP contribution in [-0.4, -0.2) is 12.5 Å². The topological polar surface area (TPSA) is 62.1 Å². The van der Waals surface area contributed by atoms with Gasteiger partial charge in [-0.15, -0.1) is 0 Å². The number of nitrogens with one attached hydrogen (secondary N) is 1. The van der Waals surface area contributed by atoms with Crippen molar-refractivity contribution in [2.45, 2.75) is 13.0 Å². The van der Waals surface area contributed by atoms with Crippen molar-refractivity contribution in [3.63, 3.8) is 0 Å². The largest absolute Gasteiger partial charge is 0.482 e. The smallest absolute Gasteiger partial charge is 0.258 e. The lowest BCUT2D eigenvalue weighted by atomic mass is 10.1. The predicted octanol–water partition coefficient (Wildman–Crippen LogP) is 3.47. The molecule has 1 atom stereocenters. The Labute approximate surface area is 134 Å². The van der Waals surface area contributed by atoms with Crippen LogP contribution in [0.2, 0.25) is 5.02 Å². The first kappa shape index (κ1) is 15.9. The van der Waals surface area contributed by atoms with Crippen molar-refractivity contribution >= 4 is 17.5 Å². The van der Waals surface area contributed by atoms with Crippen molar-refractivity contribution in [3.05, 3.63) is 64.7 Å². The first-order chi connectivity index (χ1) is 10.6. The first-order valence-electron chi connectivity index (χ1n) is 6.77. The zero-order valence-corrected chi connectivity index (χ0v) is 12.8. The van der Waals surface area contributed by atoms with Crippen LogP contribution in [0, 0.1) is 11.3 Å². The van der Waals surface area contributed by atoms with Gasteiger partial charge in [0.15, 0.2) is 6.61 Å². The van der Waals surface area contributed by atoms with Crippen molar-refractivity contribution < 1.29 is 9.53 Å². The highest BCUT2D eigenvalue weighted by Crippen LogP contribution is 2.25. The minimum Gasteiger partial charge on any atom is -0.482 e. The van der Waals surface area contributed by atoms with E-state index in [9.17, 15) is 4.79 Å². The quantitative estimate of drug-likeness (QED) is 0.919. The van der Waals surface area contributed by atoms with E-state index < -0.39 is 0 Å². The van der Waals surface area contributed by atoms with Gasteiger partial charge in [0, 0.05) is 0 Å². The molecule has 4 nitrogen and oxygen atoms in total. The molecular formula is C17H15ClN2O2. The van der Waals surface area contributed by atoms with Crippen molar-refractivity contribution in [2.75, 3.05) is 6.61 Å². The Morgan fingerprint density at radius 3 is 2.68 bits per heavy atom. The monoisotopic (exact) mass is 314 g/mol. The van der Waals surface area contributed by atoms with Gasteiger partial charge in [-0.05, 0) is 30.7 Å². The van der Waals surface area contributed by atoms with Gasteiger partial charge in [-0.2, -0.15) is 5.26 Å². The molecule has 1 amide bonds. The number of ether oxygens (including phenoxy) is 1. The molecule has 0 saturated heterocycles. The fraction of sp³-hybridized carbons (Fsp3) is 0.176. The van der Waals surface area contributed by atoms with Gasteiger partial charge in [0.1, 0.15) is 5.75 Å². The number of halogens is 1. The Hall–Kier alpha value is -2.51. The molecule has 112 valence electrons. The van der Waals surface area contributed by atoms with Crippen molar-refractivity contribution in [3.8, 4) is 11.8 Å². The number of nitrogens with zero attached hydrogens (tertiary/aromatic N) is 1. The SMILES string of the molecule is CC(NC(=O)COc1ccc(C#N)cc1Cl)c1ccccc1. The Bertz CT molecular complexity index is 696. The third kappa shape index (κ3) is 4.24. The van der Waals surface area contributed by atoms with Gasteiger partial charge in [-0.3, -0.25) is 4.79 Å². The molecule has 0 aliphatic heterocycles. The number of hydrogen-bond donors (Lipinski definition) is 1. The molecule has 2 rings (SSSR count). The van der Waals surface area contributed by atoms with Gasteiger partial charge in [-0.25, -0.2) is 0 Å². The van der Waals surface area contributed by atoms with E-state index in [4.69, 9.17) is 21.6 Å². The summed E-state index contributed by atoms with van der Waals surface area (Å²) in [7, 11) is 0. The van der Waals surface area contributed by atoms with Crippen LogP contribution in [0.15, 0.2) is 48.5 Å². The van der Waals surface area contributed by atoms with Crippen LogP contribution in [0.25, 0.3) is 0 Å². The molecule has 0 aliphatic carbocycles. The van der Waals surface area contributed by atoms with Crippen LogP contribution < -0.4 is 10.1 Å². The van der Waals surface area contributed by atoms with E-state index in [-0.39, 0.29) is 18.6 Å². The number of rotatable bonds is 5. The van der Waals surface area contributed by atoms with Crippen molar-refractivity contribution in [1.29, 1.82) is 5.26 Å². The zero-order chi connectivity index (χ0) is 15.9. The Morgan fingerprint density at radius 2 is 2.05 bits per heavy atom. The van der Waals surface area contributed by atoms with Crippen LogP contribution in [0.5, 0.6) is 5.75 Å². The first-order valence-corrected chi connectivity index (χ1v) is 7.14. The lowest BCUT2D eigenvalue weighted by Crippen LogP contribution is -2.31. The predicted molar refractivity (Wildman–Crippen MR) is 84.7 cm³/mol. The highest BCUT2D eigenvalue weighted by Gasteiger charge is 2.11. The number of nitriles is 1. The molecule has 0 bridgehead atoms. The van der Waals surface area contributed by atoms with Crippen molar-refractivity contribution in [2.24, 2.45) is 0 Å². The fourth-order valence-corrected chi connectivity index (χ4v) is 2.17. The van der Waals surface area contributed by atoms with Gasteiger partial charge >= 0.3 is 0 Å². The summed E-state index contributed by atoms with van der Waals surface area (Å²) in [4.78, 5) is 11.9.